The molecule has 0 unspecified atom stereocenters. The number of hydrogen-bond donors (Lipinski definition) is 1. The van der Waals surface area contributed by atoms with Crippen molar-refractivity contribution >= 4 is 11.8 Å². The summed E-state index contributed by atoms with van der Waals surface area (Å²) in [6.45, 7) is 3.22. The molecule has 0 saturated heterocycles. The number of nitrogens with zero attached hydrogens (tertiary/aromatic N) is 3. The van der Waals surface area contributed by atoms with Gasteiger partial charge in [-0.25, -0.2) is 4.39 Å². The molecule has 2 aromatic rings. The third-order valence-electron chi connectivity index (χ3n) is 2.57. The number of benzene rings is 1. The summed E-state index contributed by atoms with van der Waals surface area (Å²) in [6, 6.07) is 6.48. The first-order valence-corrected chi connectivity index (χ1v) is 6.72. The summed E-state index contributed by atoms with van der Waals surface area (Å²) in [5.74, 6) is 1.31. The van der Waals surface area contributed by atoms with Crippen molar-refractivity contribution in [2.45, 2.75) is 30.9 Å². The van der Waals surface area contributed by atoms with E-state index in [1.807, 2.05) is 11.5 Å². The first-order valence-electron chi connectivity index (χ1n) is 5.74. The van der Waals surface area contributed by atoms with Gasteiger partial charge in [0.1, 0.15) is 11.6 Å². The number of thioether (sulfide) groups is 1. The molecule has 96 valence electrons. The van der Waals surface area contributed by atoms with E-state index in [0.717, 1.165) is 28.8 Å². The molecule has 4 nitrogen and oxygen atoms in total. The standard InChI is InChI=1S/C12H15FN4S/c1-2-17-11(7-14)15-16-12(17)18-8-9-3-5-10(13)6-4-9/h3-6H,2,7-8,14H2,1H3. The van der Waals surface area contributed by atoms with Gasteiger partial charge in [-0.3, -0.25) is 0 Å². The van der Waals surface area contributed by atoms with Crippen LogP contribution in [0, 0.1) is 5.82 Å². The van der Waals surface area contributed by atoms with E-state index in [1.165, 1.54) is 12.1 Å². The van der Waals surface area contributed by atoms with E-state index in [-0.39, 0.29) is 5.82 Å². The molecule has 2 N–H and O–H groups in total. The largest absolute Gasteiger partial charge is 0.324 e. The third kappa shape index (κ3) is 2.88. The molecule has 1 heterocycles. The fraction of sp³-hybridized carbons (Fsp3) is 0.333. The van der Waals surface area contributed by atoms with E-state index in [0.29, 0.717) is 6.54 Å². The van der Waals surface area contributed by atoms with Crippen molar-refractivity contribution in [3.63, 3.8) is 0 Å². The molecule has 0 aliphatic heterocycles. The lowest BCUT2D eigenvalue weighted by molar-refractivity contribution is 0.627. The van der Waals surface area contributed by atoms with Gasteiger partial charge in [0.15, 0.2) is 5.16 Å². The Kier molecular flexibility index (Phi) is 4.33. The Morgan fingerprint density at radius 3 is 2.61 bits per heavy atom. The summed E-state index contributed by atoms with van der Waals surface area (Å²) in [5, 5.41) is 9.00. The van der Waals surface area contributed by atoms with Gasteiger partial charge in [0.2, 0.25) is 0 Å². The molecule has 0 spiro atoms. The monoisotopic (exact) mass is 266 g/mol. The van der Waals surface area contributed by atoms with E-state index < -0.39 is 0 Å². The quantitative estimate of drug-likeness (QED) is 0.843. The Hall–Kier alpha value is -1.40. The van der Waals surface area contributed by atoms with Crippen LogP contribution in [-0.4, -0.2) is 14.8 Å². The lowest BCUT2D eigenvalue weighted by Crippen LogP contribution is -2.08. The molecule has 1 aromatic heterocycles. The SMILES string of the molecule is CCn1c(CN)nnc1SCc1ccc(F)cc1. The second-order valence-electron chi connectivity index (χ2n) is 3.76. The first kappa shape index (κ1) is 13.0. The van der Waals surface area contributed by atoms with Crippen molar-refractivity contribution in [2.75, 3.05) is 0 Å². The van der Waals surface area contributed by atoms with Gasteiger partial charge in [0.05, 0.1) is 6.54 Å². The molecule has 6 heteroatoms. The highest BCUT2D eigenvalue weighted by Gasteiger charge is 2.09. The van der Waals surface area contributed by atoms with E-state index >= 15 is 0 Å². The normalized spacial score (nSPS) is 10.8. The molecule has 0 bridgehead atoms. The maximum Gasteiger partial charge on any atom is 0.191 e. The van der Waals surface area contributed by atoms with Crippen LogP contribution in [0.5, 0.6) is 0 Å². The van der Waals surface area contributed by atoms with E-state index in [9.17, 15) is 4.39 Å². The van der Waals surface area contributed by atoms with Crippen molar-refractivity contribution in [3.05, 3.63) is 41.5 Å². The van der Waals surface area contributed by atoms with Crippen LogP contribution in [0.2, 0.25) is 0 Å². The fourth-order valence-corrected chi connectivity index (χ4v) is 2.60. The van der Waals surface area contributed by atoms with Crippen molar-refractivity contribution in [2.24, 2.45) is 5.73 Å². The number of nitrogens with two attached hydrogens (primary N) is 1. The molecular weight excluding hydrogens is 251 g/mol. The van der Waals surface area contributed by atoms with Crippen LogP contribution in [-0.2, 0) is 18.8 Å². The first-order chi connectivity index (χ1) is 8.74. The summed E-state index contributed by atoms with van der Waals surface area (Å²) in [7, 11) is 0. The smallest absolute Gasteiger partial charge is 0.191 e. The number of halogens is 1. The van der Waals surface area contributed by atoms with E-state index in [2.05, 4.69) is 10.2 Å². The molecule has 0 aliphatic carbocycles. The zero-order chi connectivity index (χ0) is 13.0. The summed E-state index contributed by atoms with van der Waals surface area (Å²) in [5.41, 5.74) is 6.65. The van der Waals surface area contributed by atoms with Crippen LogP contribution in [0.1, 0.15) is 18.3 Å². The highest BCUT2D eigenvalue weighted by Crippen LogP contribution is 2.21. The topological polar surface area (TPSA) is 56.7 Å². The predicted molar refractivity (Wildman–Crippen MR) is 69.5 cm³/mol. The molecule has 0 radical (unpaired) electrons. The maximum atomic E-state index is 12.8. The molecule has 0 amide bonds. The molecule has 0 atom stereocenters. The second-order valence-corrected chi connectivity index (χ2v) is 4.70. The van der Waals surface area contributed by atoms with Gasteiger partial charge < -0.3 is 10.3 Å². The average Bonchev–Trinajstić information content (AvgIpc) is 2.80. The Bertz CT molecular complexity index is 509. The third-order valence-corrected chi connectivity index (χ3v) is 3.61. The summed E-state index contributed by atoms with van der Waals surface area (Å²) >= 11 is 1.58. The zero-order valence-corrected chi connectivity index (χ0v) is 11.0. The summed E-state index contributed by atoms with van der Waals surface area (Å²) < 4.78 is 14.8. The van der Waals surface area contributed by atoms with Crippen LogP contribution in [0.3, 0.4) is 0 Å². The molecule has 0 saturated carbocycles. The Morgan fingerprint density at radius 1 is 1.28 bits per heavy atom. The van der Waals surface area contributed by atoms with Gasteiger partial charge in [0, 0.05) is 12.3 Å². The van der Waals surface area contributed by atoms with Crippen molar-refractivity contribution in [1.29, 1.82) is 0 Å². The maximum absolute atomic E-state index is 12.8. The van der Waals surface area contributed by atoms with Crippen molar-refractivity contribution < 1.29 is 4.39 Å². The zero-order valence-electron chi connectivity index (χ0n) is 10.1. The molecule has 18 heavy (non-hydrogen) atoms. The molecule has 2 rings (SSSR count). The minimum atomic E-state index is -0.217. The number of aromatic nitrogens is 3. The van der Waals surface area contributed by atoms with Crippen LogP contribution in [0.4, 0.5) is 4.39 Å². The van der Waals surface area contributed by atoms with Gasteiger partial charge in [0.25, 0.3) is 0 Å². The minimum absolute atomic E-state index is 0.217. The van der Waals surface area contributed by atoms with Gasteiger partial charge in [-0.2, -0.15) is 0 Å². The Labute approximate surface area is 109 Å². The van der Waals surface area contributed by atoms with Crippen LogP contribution < -0.4 is 5.73 Å². The molecular formula is C12H15FN4S. The lowest BCUT2D eigenvalue weighted by Gasteiger charge is -2.05. The Balaban J connectivity index is 2.06. The van der Waals surface area contributed by atoms with Gasteiger partial charge in [-0.1, -0.05) is 23.9 Å². The predicted octanol–water partition coefficient (Wildman–Crippen LogP) is 2.19. The fourth-order valence-electron chi connectivity index (χ4n) is 1.62. The highest BCUT2D eigenvalue weighted by molar-refractivity contribution is 7.98. The number of hydrogen-bond acceptors (Lipinski definition) is 4. The van der Waals surface area contributed by atoms with Gasteiger partial charge in [-0.15, -0.1) is 10.2 Å². The van der Waals surface area contributed by atoms with Gasteiger partial charge >= 0.3 is 0 Å². The minimum Gasteiger partial charge on any atom is -0.324 e. The van der Waals surface area contributed by atoms with E-state index in [1.54, 1.807) is 23.9 Å². The van der Waals surface area contributed by atoms with Crippen molar-refractivity contribution in [1.82, 2.24) is 14.8 Å². The Morgan fingerprint density at radius 2 is 2.00 bits per heavy atom. The molecule has 0 fully saturated rings. The highest BCUT2D eigenvalue weighted by atomic mass is 32.2. The molecule has 0 aliphatic rings. The number of rotatable bonds is 5. The average molecular weight is 266 g/mol. The van der Waals surface area contributed by atoms with Crippen LogP contribution >= 0.6 is 11.8 Å². The summed E-state index contributed by atoms with van der Waals surface area (Å²) in [6.07, 6.45) is 0. The van der Waals surface area contributed by atoms with Crippen LogP contribution in [0.25, 0.3) is 0 Å². The van der Waals surface area contributed by atoms with Crippen molar-refractivity contribution in [3.8, 4) is 0 Å². The van der Waals surface area contributed by atoms with Gasteiger partial charge in [-0.05, 0) is 24.6 Å². The lowest BCUT2D eigenvalue weighted by atomic mass is 10.2. The van der Waals surface area contributed by atoms with E-state index in [4.69, 9.17) is 5.73 Å². The molecule has 1 aromatic carbocycles. The second kappa shape index (κ2) is 5.97. The van der Waals surface area contributed by atoms with Crippen LogP contribution in [0.15, 0.2) is 29.4 Å². The summed E-state index contributed by atoms with van der Waals surface area (Å²) in [4.78, 5) is 0.